The average Bonchev–Trinajstić information content (AvgIpc) is 2.70. The summed E-state index contributed by atoms with van der Waals surface area (Å²) in [5.74, 6) is 0.198. The lowest BCUT2D eigenvalue weighted by Gasteiger charge is -2.08. The number of aromatic hydroxyl groups is 2. The van der Waals surface area contributed by atoms with Gasteiger partial charge in [-0.05, 0) is 48.3 Å². The van der Waals surface area contributed by atoms with Crippen molar-refractivity contribution in [2.75, 3.05) is 0 Å². The van der Waals surface area contributed by atoms with Crippen molar-refractivity contribution >= 4 is 23.2 Å². The van der Waals surface area contributed by atoms with Crippen LogP contribution in [0.1, 0.15) is 75.0 Å². The Kier molecular flexibility index (Phi) is 9.78. The van der Waals surface area contributed by atoms with Gasteiger partial charge < -0.3 is 10.2 Å². The van der Waals surface area contributed by atoms with E-state index >= 15 is 0 Å². The molecule has 0 atom stereocenters. The molecule has 0 spiro atoms. The van der Waals surface area contributed by atoms with E-state index < -0.39 is 0 Å². The standard InChI is InChI=1S/C25H32O2S/c1-2-3-4-5-6-7-8-10-13-20-18-23(26)22(24(27)19-20)16-17-25(28)21-14-11-9-12-15-21/h9,11-12,14-19,26-27H,2-8,10,13H2,1H3. The Morgan fingerprint density at radius 3 is 2.04 bits per heavy atom. The molecule has 0 aromatic heterocycles. The second-order valence-electron chi connectivity index (χ2n) is 7.34. The SMILES string of the molecule is CCCCCCCCCCc1cc(O)c(C=CC(=S)c2ccccc2)c(O)c1. The van der Waals surface area contributed by atoms with E-state index in [2.05, 4.69) is 6.92 Å². The summed E-state index contributed by atoms with van der Waals surface area (Å²) in [6, 6.07) is 13.2. The summed E-state index contributed by atoms with van der Waals surface area (Å²) in [6.45, 7) is 2.24. The van der Waals surface area contributed by atoms with E-state index in [0.717, 1.165) is 24.0 Å². The first-order valence-corrected chi connectivity index (χ1v) is 10.8. The maximum absolute atomic E-state index is 10.3. The molecule has 0 unspecified atom stereocenters. The summed E-state index contributed by atoms with van der Waals surface area (Å²) in [6.07, 6.45) is 14.5. The molecule has 150 valence electrons. The lowest BCUT2D eigenvalue weighted by atomic mass is 10.0. The predicted octanol–water partition coefficient (Wildman–Crippen LogP) is 7.21. The van der Waals surface area contributed by atoms with Crippen molar-refractivity contribution in [3.63, 3.8) is 0 Å². The van der Waals surface area contributed by atoms with Gasteiger partial charge in [0.1, 0.15) is 11.5 Å². The Morgan fingerprint density at radius 1 is 0.857 bits per heavy atom. The van der Waals surface area contributed by atoms with Crippen LogP contribution in [0.25, 0.3) is 6.08 Å². The molecule has 2 nitrogen and oxygen atoms in total. The molecule has 0 radical (unpaired) electrons. The van der Waals surface area contributed by atoms with Crippen molar-refractivity contribution < 1.29 is 10.2 Å². The lowest BCUT2D eigenvalue weighted by Crippen LogP contribution is -1.92. The largest absolute Gasteiger partial charge is 0.507 e. The smallest absolute Gasteiger partial charge is 0.126 e. The van der Waals surface area contributed by atoms with Crippen LogP contribution in [-0.2, 0) is 6.42 Å². The number of aryl methyl sites for hydroxylation is 1. The third-order valence-electron chi connectivity index (χ3n) is 4.97. The third kappa shape index (κ3) is 7.47. The molecule has 0 saturated heterocycles. The number of benzene rings is 2. The maximum atomic E-state index is 10.3. The number of allylic oxidation sites excluding steroid dienone is 1. The van der Waals surface area contributed by atoms with E-state index in [1.54, 1.807) is 24.3 Å². The van der Waals surface area contributed by atoms with Crippen molar-refractivity contribution in [2.45, 2.75) is 64.7 Å². The summed E-state index contributed by atoms with van der Waals surface area (Å²) in [7, 11) is 0. The van der Waals surface area contributed by atoms with Gasteiger partial charge in [0.2, 0.25) is 0 Å². The van der Waals surface area contributed by atoms with Crippen LogP contribution < -0.4 is 0 Å². The van der Waals surface area contributed by atoms with E-state index in [1.165, 1.54) is 44.9 Å². The quantitative estimate of drug-likeness (QED) is 0.172. The van der Waals surface area contributed by atoms with Crippen LogP contribution >= 0.6 is 12.2 Å². The molecule has 2 N–H and O–H groups in total. The normalized spacial score (nSPS) is 11.2. The molecule has 0 aliphatic carbocycles. The van der Waals surface area contributed by atoms with Gasteiger partial charge in [-0.1, -0.05) is 94.4 Å². The highest BCUT2D eigenvalue weighted by molar-refractivity contribution is 7.81. The van der Waals surface area contributed by atoms with Crippen molar-refractivity contribution in [2.24, 2.45) is 0 Å². The molecule has 3 heteroatoms. The number of hydrogen-bond donors (Lipinski definition) is 2. The van der Waals surface area contributed by atoms with Gasteiger partial charge in [0.25, 0.3) is 0 Å². The predicted molar refractivity (Wildman–Crippen MR) is 123 cm³/mol. The molecular formula is C25H32O2S. The summed E-state index contributed by atoms with van der Waals surface area (Å²) >= 11 is 5.40. The van der Waals surface area contributed by atoms with Gasteiger partial charge in [-0.25, -0.2) is 0 Å². The van der Waals surface area contributed by atoms with E-state index in [-0.39, 0.29) is 11.5 Å². The molecule has 2 aromatic rings. The van der Waals surface area contributed by atoms with Crippen molar-refractivity contribution in [3.8, 4) is 11.5 Å². The molecule has 0 saturated carbocycles. The molecule has 28 heavy (non-hydrogen) atoms. The van der Waals surface area contributed by atoms with Crippen LogP contribution in [0.2, 0.25) is 0 Å². The zero-order valence-electron chi connectivity index (χ0n) is 16.9. The first-order chi connectivity index (χ1) is 13.6. The minimum Gasteiger partial charge on any atom is -0.507 e. The van der Waals surface area contributed by atoms with Crippen LogP contribution in [-0.4, -0.2) is 15.1 Å². The Hall–Kier alpha value is -2.13. The van der Waals surface area contributed by atoms with E-state index in [0.29, 0.717) is 10.4 Å². The number of thiocarbonyl (C=S) groups is 1. The van der Waals surface area contributed by atoms with Crippen LogP contribution in [0.3, 0.4) is 0 Å². The minimum atomic E-state index is 0.0988. The molecule has 0 fully saturated rings. The van der Waals surface area contributed by atoms with Crippen molar-refractivity contribution in [1.82, 2.24) is 0 Å². The van der Waals surface area contributed by atoms with Crippen LogP contribution in [0.4, 0.5) is 0 Å². The molecule has 0 amide bonds. The monoisotopic (exact) mass is 396 g/mol. The van der Waals surface area contributed by atoms with Gasteiger partial charge in [-0.2, -0.15) is 0 Å². The van der Waals surface area contributed by atoms with Crippen LogP contribution in [0.15, 0.2) is 48.5 Å². The lowest BCUT2D eigenvalue weighted by molar-refractivity contribution is 0.446. The average molecular weight is 397 g/mol. The van der Waals surface area contributed by atoms with Gasteiger partial charge in [0.15, 0.2) is 0 Å². The highest BCUT2D eigenvalue weighted by atomic mass is 32.1. The molecule has 0 heterocycles. The number of phenolic OH excluding ortho intramolecular Hbond substituents is 2. The second kappa shape index (κ2) is 12.4. The number of phenols is 2. The fourth-order valence-corrected chi connectivity index (χ4v) is 3.52. The van der Waals surface area contributed by atoms with E-state index in [4.69, 9.17) is 12.2 Å². The molecule has 0 aliphatic heterocycles. The van der Waals surface area contributed by atoms with Gasteiger partial charge in [-0.3, -0.25) is 0 Å². The minimum absolute atomic E-state index is 0.0988. The number of rotatable bonds is 12. The molecule has 2 aromatic carbocycles. The summed E-state index contributed by atoms with van der Waals surface area (Å²) < 4.78 is 0. The summed E-state index contributed by atoms with van der Waals surface area (Å²) in [4.78, 5) is 0.669. The van der Waals surface area contributed by atoms with Gasteiger partial charge in [-0.15, -0.1) is 0 Å². The number of unbranched alkanes of at least 4 members (excludes halogenated alkanes) is 7. The topological polar surface area (TPSA) is 40.5 Å². The summed E-state index contributed by atoms with van der Waals surface area (Å²) in [5.41, 5.74) is 2.33. The second-order valence-corrected chi connectivity index (χ2v) is 7.78. The zero-order chi connectivity index (χ0) is 20.2. The van der Waals surface area contributed by atoms with Gasteiger partial charge in [0, 0.05) is 4.86 Å². The molecule has 2 rings (SSSR count). The first-order valence-electron chi connectivity index (χ1n) is 10.4. The fraction of sp³-hybridized carbons (Fsp3) is 0.400. The zero-order valence-corrected chi connectivity index (χ0v) is 17.7. The fourth-order valence-electron chi connectivity index (χ4n) is 3.32. The van der Waals surface area contributed by atoms with Crippen LogP contribution in [0.5, 0.6) is 11.5 Å². The Morgan fingerprint density at radius 2 is 1.43 bits per heavy atom. The third-order valence-corrected chi connectivity index (χ3v) is 5.35. The van der Waals surface area contributed by atoms with Crippen molar-refractivity contribution in [3.05, 3.63) is 65.2 Å². The Labute approximate surface area is 174 Å². The molecule has 0 bridgehead atoms. The van der Waals surface area contributed by atoms with Gasteiger partial charge >= 0.3 is 0 Å². The van der Waals surface area contributed by atoms with Crippen molar-refractivity contribution in [1.29, 1.82) is 0 Å². The maximum Gasteiger partial charge on any atom is 0.126 e. The molecule has 0 aliphatic rings. The highest BCUT2D eigenvalue weighted by Gasteiger charge is 2.08. The first kappa shape index (κ1) is 22.2. The Balaban J connectivity index is 1.85. The molecular weight excluding hydrogens is 364 g/mol. The van der Waals surface area contributed by atoms with Gasteiger partial charge in [0.05, 0.1) is 5.56 Å². The van der Waals surface area contributed by atoms with E-state index in [9.17, 15) is 10.2 Å². The highest BCUT2D eigenvalue weighted by Crippen LogP contribution is 2.31. The van der Waals surface area contributed by atoms with Crippen LogP contribution in [0, 0.1) is 0 Å². The van der Waals surface area contributed by atoms with E-state index in [1.807, 2.05) is 30.3 Å². The summed E-state index contributed by atoms with van der Waals surface area (Å²) in [5, 5.41) is 20.6. The Bertz CT molecular complexity index is 742. The number of hydrogen-bond acceptors (Lipinski definition) is 3.